The van der Waals surface area contributed by atoms with Crippen molar-refractivity contribution in [3.05, 3.63) is 11.9 Å². The Morgan fingerprint density at radius 2 is 2.30 bits per heavy atom. The fourth-order valence-corrected chi connectivity index (χ4v) is 0.508. The van der Waals surface area contributed by atoms with Gasteiger partial charge in [-0.05, 0) is 6.92 Å². The van der Waals surface area contributed by atoms with E-state index in [1.165, 1.54) is 5.01 Å². The minimum Gasteiger partial charge on any atom is -0.399 e. The second kappa shape index (κ2) is 5.08. The van der Waals surface area contributed by atoms with E-state index >= 15 is 0 Å². The molecule has 0 aromatic rings. The summed E-state index contributed by atoms with van der Waals surface area (Å²) in [6.45, 7) is 3.11. The van der Waals surface area contributed by atoms with E-state index in [0.29, 0.717) is 12.3 Å². The molecule has 4 N–H and O–H groups in total. The summed E-state index contributed by atoms with van der Waals surface area (Å²) in [4.78, 5) is 0. The highest BCUT2D eigenvalue weighted by Crippen LogP contribution is 1.86. The number of ether oxygens (including phenoxy) is 1. The van der Waals surface area contributed by atoms with E-state index in [1.807, 2.05) is 6.92 Å². The number of hydrazine groups is 1. The molecule has 0 atom stereocenters. The van der Waals surface area contributed by atoms with E-state index in [1.54, 1.807) is 13.3 Å². The van der Waals surface area contributed by atoms with E-state index in [2.05, 4.69) is 0 Å². The van der Waals surface area contributed by atoms with Gasteiger partial charge in [-0.15, -0.1) is 0 Å². The lowest BCUT2D eigenvalue weighted by Crippen LogP contribution is -2.26. The lowest BCUT2D eigenvalue weighted by molar-refractivity contribution is 0.222. The Morgan fingerprint density at radius 3 is 2.70 bits per heavy atom. The van der Waals surface area contributed by atoms with Gasteiger partial charge in [0.05, 0.1) is 12.3 Å². The molecule has 4 heteroatoms. The largest absolute Gasteiger partial charge is 0.399 e. The Kier molecular flexibility index (Phi) is 4.70. The van der Waals surface area contributed by atoms with Gasteiger partial charge in [0.25, 0.3) is 0 Å². The van der Waals surface area contributed by atoms with Gasteiger partial charge in [-0.1, -0.05) is 0 Å². The maximum absolute atomic E-state index is 5.48. The second-order valence-electron chi connectivity index (χ2n) is 1.97. The molecule has 4 nitrogen and oxygen atoms in total. The fourth-order valence-electron chi connectivity index (χ4n) is 0.508. The number of nitrogens with zero attached hydrogens (tertiary/aromatic N) is 1. The van der Waals surface area contributed by atoms with Crippen molar-refractivity contribution in [3.63, 3.8) is 0 Å². The van der Waals surface area contributed by atoms with E-state index in [4.69, 9.17) is 16.3 Å². The summed E-state index contributed by atoms with van der Waals surface area (Å²) in [7, 11) is 1.59. The summed E-state index contributed by atoms with van der Waals surface area (Å²) < 4.78 is 4.77. The van der Waals surface area contributed by atoms with Crippen LogP contribution in [0, 0.1) is 0 Å². The number of rotatable bonds is 4. The summed E-state index contributed by atoms with van der Waals surface area (Å²) in [5.74, 6) is 5.43. The average Bonchev–Trinajstić information content (AvgIpc) is 1.88. The minimum atomic E-state index is 0.424. The van der Waals surface area contributed by atoms with Gasteiger partial charge < -0.3 is 15.5 Å². The Balaban J connectivity index is 3.65. The lowest BCUT2D eigenvalue weighted by atomic mass is 10.5. The molecule has 10 heavy (non-hydrogen) atoms. The third kappa shape index (κ3) is 4.17. The first-order chi connectivity index (χ1) is 4.70. The molecule has 0 rings (SSSR count). The lowest BCUT2D eigenvalue weighted by Gasteiger charge is -2.10. The van der Waals surface area contributed by atoms with Crippen LogP contribution in [0.5, 0.6) is 0 Å². The topological polar surface area (TPSA) is 64.5 Å². The van der Waals surface area contributed by atoms with E-state index in [9.17, 15) is 0 Å². The highest BCUT2D eigenvalue weighted by Gasteiger charge is 1.90. The van der Waals surface area contributed by atoms with Crippen LogP contribution in [0.1, 0.15) is 6.92 Å². The Morgan fingerprint density at radius 1 is 1.70 bits per heavy atom. The summed E-state index contributed by atoms with van der Waals surface area (Å²) in [5.41, 5.74) is 6.11. The normalized spacial score (nSPS) is 11.7. The summed E-state index contributed by atoms with van der Waals surface area (Å²) in [5, 5.41) is 1.51. The maximum Gasteiger partial charge on any atom is 0.0871 e. The molecule has 0 radical (unpaired) electrons. The Labute approximate surface area is 61.4 Å². The smallest absolute Gasteiger partial charge is 0.0871 e. The fraction of sp³-hybridized carbons (Fsp3) is 0.667. The van der Waals surface area contributed by atoms with Crippen LogP contribution in [0.3, 0.4) is 0 Å². The predicted molar refractivity (Wildman–Crippen MR) is 40.7 cm³/mol. The zero-order chi connectivity index (χ0) is 7.98. The summed E-state index contributed by atoms with van der Waals surface area (Å²) >= 11 is 0. The predicted octanol–water partition coefficient (Wildman–Crippen LogP) is -0.371. The van der Waals surface area contributed by atoms with Crippen LogP contribution >= 0.6 is 0 Å². The van der Waals surface area contributed by atoms with Crippen LogP contribution < -0.4 is 11.6 Å². The SMILES string of the molecule is CCN(N)/C=C(\N)COC. The van der Waals surface area contributed by atoms with Crippen molar-refractivity contribution in [3.8, 4) is 0 Å². The molecule has 0 amide bonds. The van der Waals surface area contributed by atoms with Crippen molar-refractivity contribution in [2.75, 3.05) is 20.3 Å². The molecule has 0 aliphatic rings. The first-order valence-corrected chi connectivity index (χ1v) is 3.17. The van der Waals surface area contributed by atoms with Gasteiger partial charge >= 0.3 is 0 Å². The number of methoxy groups -OCH3 is 1. The maximum atomic E-state index is 5.48. The molecule has 0 spiro atoms. The minimum absolute atomic E-state index is 0.424. The van der Waals surface area contributed by atoms with Crippen LogP contribution in [0.2, 0.25) is 0 Å². The van der Waals surface area contributed by atoms with Crippen molar-refractivity contribution in [2.24, 2.45) is 11.6 Å². The highest BCUT2D eigenvalue weighted by molar-refractivity contribution is 4.94. The molecule has 0 unspecified atom stereocenters. The summed E-state index contributed by atoms with van der Waals surface area (Å²) in [6.07, 6.45) is 1.66. The molecule has 0 aromatic heterocycles. The first-order valence-electron chi connectivity index (χ1n) is 3.17. The van der Waals surface area contributed by atoms with Crippen LogP contribution in [0.25, 0.3) is 0 Å². The molecule has 0 bridgehead atoms. The van der Waals surface area contributed by atoms with Crippen molar-refractivity contribution in [1.82, 2.24) is 5.01 Å². The molecule has 60 valence electrons. The average molecular weight is 145 g/mol. The third-order valence-corrected chi connectivity index (χ3v) is 1.01. The molecule has 0 saturated carbocycles. The first kappa shape index (κ1) is 9.26. The van der Waals surface area contributed by atoms with Gasteiger partial charge in [0.1, 0.15) is 0 Å². The third-order valence-electron chi connectivity index (χ3n) is 1.01. The molecule has 0 heterocycles. The van der Waals surface area contributed by atoms with Gasteiger partial charge in [-0.3, -0.25) is 0 Å². The molecule has 0 aromatic carbocycles. The molecule has 0 aliphatic heterocycles. The van der Waals surface area contributed by atoms with Gasteiger partial charge in [0, 0.05) is 19.9 Å². The zero-order valence-corrected chi connectivity index (χ0v) is 6.50. The molecule has 0 fully saturated rings. The van der Waals surface area contributed by atoms with E-state index in [0.717, 1.165) is 6.54 Å². The van der Waals surface area contributed by atoms with Crippen molar-refractivity contribution in [2.45, 2.75) is 6.92 Å². The molecule has 0 aliphatic carbocycles. The zero-order valence-electron chi connectivity index (χ0n) is 6.50. The van der Waals surface area contributed by atoms with Crippen molar-refractivity contribution < 1.29 is 4.74 Å². The number of hydrogen-bond donors (Lipinski definition) is 2. The Hall–Kier alpha value is -0.740. The van der Waals surface area contributed by atoms with Crippen LogP contribution in [-0.2, 0) is 4.74 Å². The van der Waals surface area contributed by atoms with Crippen molar-refractivity contribution in [1.29, 1.82) is 0 Å². The molecule has 0 saturated heterocycles. The van der Waals surface area contributed by atoms with Gasteiger partial charge in [0.2, 0.25) is 0 Å². The number of hydrogen-bond acceptors (Lipinski definition) is 4. The van der Waals surface area contributed by atoms with Gasteiger partial charge in [-0.2, -0.15) is 0 Å². The summed E-state index contributed by atoms with van der Waals surface area (Å²) in [6, 6.07) is 0. The molecular formula is C6H15N3O. The van der Waals surface area contributed by atoms with E-state index < -0.39 is 0 Å². The monoisotopic (exact) mass is 145 g/mol. The van der Waals surface area contributed by atoms with Crippen LogP contribution in [0.4, 0.5) is 0 Å². The number of nitrogens with two attached hydrogens (primary N) is 2. The van der Waals surface area contributed by atoms with E-state index in [-0.39, 0.29) is 0 Å². The Bertz CT molecular complexity index is 114. The van der Waals surface area contributed by atoms with Crippen molar-refractivity contribution >= 4 is 0 Å². The quantitative estimate of drug-likeness (QED) is 0.418. The standard InChI is InChI=1S/C6H15N3O/c1-3-9(8)4-6(7)5-10-2/h4H,3,5,7-8H2,1-2H3/b6-4-. The van der Waals surface area contributed by atoms with Gasteiger partial charge in [0.15, 0.2) is 0 Å². The van der Waals surface area contributed by atoms with Crippen LogP contribution in [0.15, 0.2) is 11.9 Å². The molecular weight excluding hydrogens is 130 g/mol. The second-order valence-corrected chi connectivity index (χ2v) is 1.97. The van der Waals surface area contributed by atoms with Crippen LogP contribution in [-0.4, -0.2) is 25.3 Å². The van der Waals surface area contributed by atoms with Gasteiger partial charge in [-0.25, -0.2) is 5.84 Å². The highest BCUT2D eigenvalue weighted by atomic mass is 16.5.